The monoisotopic (exact) mass is 412 g/mol. The lowest BCUT2D eigenvalue weighted by atomic mass is 9.95. The second-order valence-corrected chi connectivity index (χ2v) is 9.54. The Kier molecular flexibility index (Phi) is 5.71. The van der Waals surface area contributed by atoms with E-state index in [1.165, 1.54) is 0 Å². The van der Waals surface area contributed by atoms with E-state index >= 15 is 0 Å². The standard InChI is InChI=1S/C23H32N4O3/c1-23(2,3)30-22(29)27-12-6-9-16(14-27)26-18-10-11-24-21-19(18)17(13-25-21)20(28)15-7-4-5-8-15/h10-11,13,15-16H,4-9,12,14H2,1-3H3,(H2,24,25,26)/t16-/m1/s1. The molecule has 2 aromatic heterocycles. The van der Waals surface area contributed by atoms with Crippen LogP contribution < -0.4 is 5.32 Å². The van der Waals surface area contributed by atoms with Crippen LogP contribution in [-0.2, 0) is 4.74 Å². The van der Waals surface area contributed by atoms with Crippen molar-refractivity contribution in [2.24, 2.45) is 5.92 Å². The topological polar surface area (TPSA) is 87.3 Å². The Morgan fingerprint density at radius 2 is 1.97 bits per heavy atom. The molecule has 2 aliphatic rings. The molecule has 7 nitrogen and oxygen atoms in total. The van der Waals surface area contributed by atoms with Gasteiger partial charge in [0, 0.05) is 48.7 Å². The average Bonchev–Trinajstić information content (AvgIpc) is 3.37. The normalized spacial score (nSPS) is 20.5. The van der Waals surface area contributed by atoms with Crippen LogP contribution >= 0.6 is 0 Å². The van der Waals surface area contributed by atoms with Crippen LogP contribution in [0.25, 0.3) is 11.0 Å². The number of rotatable bonds is 4. The number of nitrogens with one attached hydrogen (secondary N) is 2. The number of ether oxygens (including phenoxy) is 1. The number of pyridine rings is 1. The lowest BCUT2D eigenvalue weighted by molar-refractivity contribution is 0.0206. The van der Waals surface area contributed by atoms with Gasteiger partial charge < -0.3 is 19.9 Å². The van der Waals surface area contributed by atoms with Gasteiger partial charge in [-0.25, -0.2) is 9.78 Å². The van der Waals surface area contributed by atoms with Gasteiger partial charge in [-0.1, -0.05) is 12.8 Å². The molecule has 30 heavy (non-hydrogen) atoms. The third-order valence-electron chi connectivity index (χ3n) is 6.00. The van der Waals surface area contributed by atoms with Crippen LogP contribution in [0.1, 0.15) is 69.7 Å². The van der Waals surface area contributed by atoms with Gasteiger partial charge in [0.25, 0.3) is 0 Å². The van der Waals surface area contributed by atoms with Crippen molar-refractivity contribution in [1.29, 1.82) is 0 Å². The number of aromatic amines is 1. The molecular formula is C23H32N4O3. The fourth-order valence-electron chi connectivity index (χ4n) is 4.59. The summed E-state index contributed by atoms with van der Waals surface area (Å²) >= 11 is 0. The molecule has 1 aliphatic carbocycles. The Balaban J connectivity index is 1.53. The zero-order valence-corrected chi connectivity index (χ0v) is 18.2. The number of hydrogen-bond donors (Lipinski definition) is 2. The predicted molar refractivity (Wildman–Crippen MR) is 117 cm³/mol. The molecule has 7 heteroatoms. The number of carbonyl (C=O) groups is 2. The number of hydrogen-bond acceptors (Lipinski definition) is 5. The van der Waals surface area contributed by atoms with Crippen molar-refractivity contribution in [3.8, 4) is 0 Å². The highest BCUT2D eigenvalue weighted by atomic mass is 16.6. The van der Waals surface area contributed by atoms with Crippen molar-refractivity contribution in [3.05, 3.63) is 24.0 Å². The van der Waals surface area contributed by atoms with Crippen LogP contribution in [0.5, 0.6) is 0 Å². The van der Waals surface area contributed by atoms with Gasteiger partial charge in [0.05, 0.1) is 5.39 Å². The van der Waals surface area contributed by atoms with Crippen LogP contribution in [0.15, 0.2) is 18.5 Å². The number of aromatic nitrogens is 2. The van der Waals surface area contributed by atoms with Crippen LogP contribution in [0.3, 0.4) is 0 Å². The summed E-state index contributed by atoms with van der Waals surface area (Å²) in [6, 6.07) is 2.02. The number of H-pyrrole nitrogens is 1. The molecule has 2 N–H and O–H groups in total. The maximum Gasteiger partial charge on any atom is 0.410 e. The molecule has 3 heterocycles. The molecule has 0 bridgehead atoms. The van der Waals surface area contributed by atoms with Crippen molar-refractivity contribution in [2.45, 2.75) is 70.9 Å². The Labute approximate surface area is 177 Å². The molecular weight excluding hydrogens is 380 g/mol. The largest absolute Gasteiger partial charge is 0.444 e. The van der Waals surface area contributed by atoms with Gasteiger partial charge in [-0.15, -0.1) is 0 Å². The van der Waals surface area contributed by atoms with Gasteiger partial charge in [-0.05, 0) is 52.5 Å². The molecule has 0 radical (unpaired) electrons. The number of fused-ring (bicyclic) bond motifs is 1. The summed E-state index contributed by atoms with van der Waals surface area (Å²) in [5, 5.41) is 4.45. The highest BCUT2D eigenvalue weighted by molar-refractivity contribution is 6.12. The summed E-state index contributed by atoms with van der Waals surface area (Å²) in [6.07, 6.45) is 9.36. The molecule has 1 aliphatic heterocycles. The van der Waals surface area contributed by atoms with E-state index < -0.39 is 5.60 Å². The van der Waals surface area contributed by atoms with Crippen molar-refractivity contribution in [2.75, 3.05) is 18.4 Å². The average molecular weight is 413 g/mol. The van der Waals surface area contributed by atoms with E-state index in [-0.39, 0.29) is 23.8 Å². The Morgan fingerprint density at radius 3 is 2.70 bits per heavy atom. The summed E-state index contributed by atoms with van der Waals surface area (Å²) in [4.78, 5) is 34.9. The molecule has 1 saturated heterocycles. The smallest absolute Gasteiger partial charge is 0.410 e. The number of piperidine rings is 1. The minimum absolute atomic E-state index is 0.0983. The van der Waals surface area contributed by atoms with E-state index in [0.717, 1.165) is 60.8 Å². The van der Waals surface area contributed by atoms with Crippen LogP contribution in [0.2, 0.25) is 0 Å². The quantitative estimate of drug-likeness (QED) is 0.708. The first kappa shape index (κ1) is 20.7. The molecule has 1 amide bonds. The fourth-order valence-corrected chi connectivity index (χ4v) is 4.59. The first-order chi connectivity index (χ1) is 14.3. The van der Waals surface area contributed by atoms with E-state index in [4.69, 9.17) is 4.74 Å². The van der Waals surface area contributed by atoms with E-state index in [1.807, 2.05) is 26.8 Å². The van der Waals surface area contributed by atoms with Gasteiger partial charge in [0.2, 0.25) is 0 Å². The number of likely N-dealkylation sites (tertiary alicyclic amines) is 1. The van der Waals surface area contributed by atoms with Crippen molar-refractivity contribution in [1.82, 2.24) is 14.9 Å². The van der Waals surface area contributed by atoms with Gasteiger partial charge >= 0.3 is 6.09 Å². The second kappa shape index (κ2) is 8.28. The first-order valence-corrected chi connectivity index (χ1v) is 11.1. The van der Waals surface area contributed by atoms with Gasteiger partial charge in [0.1, 0.15) is 11.2 Å². The molecule has 0 spiro atoms. The second-order valence-electron chi connectivity index (χ2n) is 9.54. The maximum atomic E-state index is 13.1. The van der Waals surface area contributed by atoms with Crippen molar-refractivity contribution >= 4 is 28.6 Å². The SMILES string of the molecule is CC(C)(C)OC(=O)N1CCC[C@@H](Nc2ccnc3[nH]cc(C(=O)C4CCCC4)c23)C1. The molecule has 162 valence electrons. The molecule has 1 atom stereocenters. The molecule has 2 aromatic rings. The minimum Gasteiger partial charge on any atom is -0.444 e. The first-order valence-electron chi connectivity index (χ1n) is 11.1. The van der Waals surface area contributed by atoms with Gasteiger partial charge in [0.15, 0.2) is 5.78 Å². The Morgan fingerprint density at radius 1 is 1.20 bits per heavy atom. The Bertz CT molecular complexity index is 924. The maximum absolute atomic E-state index is 13.1. The predicted octanol–water partition coefficient (Wildman–Crippen LogP) is 4.75. The Hall–Kier alpha value is -2.57. The third-order valence-corrected chi connectivity index (χ3v) is 6.00. The van der Waals surface area contributed by atoms with Crippen LogP contribution in [0.4, 0.5) is 10.5 Å². The van der Waals surface area contributed by atoms with Gasteiger partial charge in [-0.2, -0.15) is 0 Å². The van der Waals surface area contributed by atoms with Crippen molar-refractivity contribution < 1.29 is 14.3 Å². The summed E-state index contributed by atoms with van der Waals surface area (Å²) in [6.45, 7) is 6.93. The number of amides is 1. The zero-order chi connectivity index (χ0) is 21.3. The lowest BCUT2D eigenvalue weighted by Gasteiger charge is -2.35. The highest BCUT2D eigenvalue weighted by Crippen LogP contribution is 2.33. The number of Topliss-reactive ketones (excluding diaryl/α,β-unsaturated/α-hetero) is 1. The van der Waals surface area contributed by atoms with E-state index in [0.29, 0.717) is 13.1 Å². The minimum atomic E-state index is -0.505. The fraction of sp³-hybridized carbons (Fsp3) is 0.609. The van der Waals surface area contributed by atoms with Crippen LogP contribution in [0, 0.1) is 5.92 Å². The molecule has 0 aromatic carbocycles. The summed E-state index contributed by atoms with van der Waals surface area (Å²) in [7, 11) is 0. The van der Waals surface area contributed by atoms with Crippen LogP contribution in [-0.4, -0.2) is 51.5 Å². The highest BCUT2D eigenvalue weighted by Gasteiger charge is 2.30. The number of ketones is 1. The molecule has 4 rings (SSSR count). The lowest BCUT2D eigenvalue weighted by Crippen LogP contribution is -2.47. The zero-order valence-electron chi connectivity index (χ0n) is 18.2. The number of carbonyl (C=O) groups excluding carboxylic acids is 2. The number of anilines is 1. The summed E-state index contributed by atoms with van der Waals surface area (Å²) in [5.74, 6) is 0.336. The van der Waals surface area contributed by atoms with E-state index in [9.17, 15) is 9.59 Å². The van der Waals surface area contributed by atoms with Gasteiger partial charge in [-0.3, -0.25) is 4.79 Å². The molecule has 1 saturated carbocycles. The third kappa shape index (κ3) is 4.45. The molecule has 2 fully saturated rings. The molecule has 0 unspecified atom stereocenters. The summed E-state index contributed by atoms with van der Waals surface area (Å²) < 4.78 is 5.54. The summed E-state index contributed by atoms with van der Waals surface area (Å²) in [5.41, 5.74) is 1.85. The number of nitrogens with zero attached hydrogens (tertiary/aromatic N) is 2. The van der Waals surface area contributed by atoms with E-state index in [1.54, 1.807) is 17.3 Å². The van der Waals surface area contributed by atoms with E-state index in [2.05, 4.69) is 15.3 Å². The van der Waals surface area contributed by atoms with Crippen molar-refractivity contribution in [3.63, 3.8) is 0 Å².